The number of hydrogen-bond acceptors (Lipinski definition) is 2. The van der Waals surface area contributed by atoms with E-state index in [1.807, 2.05) is 30.2 Å². The lowest BCUT2D eigenvalue weighted by molar-refractivity contribution is -0.122. The first kappa shape index (κ1) is 14.9. The van der Waals surface area contributed by atoms with Crippen molar-refractivity contribution in [1.29, 1.82) is 0 Å². The SMILES string of the molecule is Cn1ncc2c1CCC[C@@H]2NC(=O)Cn1ccc2ccc(F)cc21. The lowest BCUT2D eigenvalue weighted by Gasteiger charge is -2.24. The van der Waals surface area contributed by atoms with Crippen LogP contribution in [0.15, 0.2) is 36.7 Å². The number of aromatic nitrogens is 3. The minimum atomic E-state index is -0.296. The van der Waals surface area contributed by atoms with Gasteiger partial charge in [-0.15, -0.1) is 0 Å². The summed E-state index contributed by atoms with van der Waals surface area (Å²) in [6, 6.07) is 6.51. The van der Waals surface area contributed by atoms with Crippen LogP contribution in [0.1, 0.15) is 30.1 Å². The molecule has 4 rings (SSSR count). The molecule has 0 bridgehead atoms. The molecule has 0 unspecified atom stereocenters. The molecule has 1 atom stereocenters. The van der Waals surface area contributed by atoms with E-state index in [0.717, 1.165) is 35.7 Å². The first-order valence-electron chi connectivity index (χ1n) is 8.16. The molecule has 124 valence electrons. The number of halogens is 1. The molecule has 0 fully saturated rings. The van der Waals surface area contributed by atoms with Gasteiger partial charge in [0.1, 0.15) is 12.4 Å². The van der Waals surface area contributed by atoms with E-state index in [2.05, 4.69) is 10.4 Å². The van der Waals surface area contributed by atoms with Gasteiger partial charge in [0.25, 0.3) is 0 Å². The third-order valence-corrected chi connectivity index (χ3v) is 4.76. The van der Waals surface area contributed by atoms with Gasteiger partial charge in [-0.1, -0.05) is 0 Å². The summed E-state index contributed by atoms with van der Waals surface area (Å²) in [6.07, 6.45) is 6.63. The summed E-state index contributed by atoms with van der Waals surface area (Å²) >= 11 is 0. The fourth-order valence-corrected chi connectivity index (χ4v) is 3.55. The van der Waals surface area contributed by atoms with E-state index in [1.165, 1.54) is 17.8 Å². The van der Waals surface area contributed by atoms with Crippen LogP contribution in [-0.4, -0.2) is 20.3 Å². The molecule has 0 saturated heterocycles. The molecule has 24 heavy (non-hydrogen) atoms. The second-order valence-electron chi connectivity index (χ2n) is 6.33. The number of amides is 1. The predicted molar refractivity (Wildman–Crippen MR) is 88.9 cm³/mol. The highest BCUT2D eigenvalue weighted by atomic mass is 19.1. The lowest BCUT2D eigenvalue weighted by atomic mass is 9.93. The van der Waals surface area contributed by atoms with E-state index in [1.54, 1.807) is 10.6 Å². The van der Waals surface area contributed by atoms with Crippen LogP contribution in [0.25, 0.3) is 10.9 Å². The third kappa shape index (κ3) is 2.58. The van der Waals surface area contributed by atoms with Crippen molar-refractivity contribution in [3.05, 3.63) is 53.7 Å². The van der Waals surface area contributed by atoms with E-state index < -0.39 is 0 Å². The number of fused-ring (bicyclic) bond motifs is 2. The summed E-state index contributed by atoms with van der Waals surface area (Å²) in [4.78, 5) is 12.5. The number of rotatable bonds is 3. The molecule has 0 saturated carbocycles. The monoisotopic (exact) mass is 326 g/mol. The molecule has 0 spiro atoms. The number of nitrogens with one attached hydrogen (secondary N) is 1. The molecule has 1 aromatic carbocycles. The van der Waals surface area contributed by atoms with Gasteiger partial charge in [-0.05, 0) is 48.9 Å². The number of carbonyl (C=O) groups is 1. The van der Waals surface area contributed by atoms with Crippen LogP contribution in [0.4, 0.5) is 4.39 Å². The van der Waals surface area contributed by atoms with E-state index in [9.17, 15) is 9.18 Å². The maximum atomic E-state index is 13.4. The maximum Gasteiger partial charge on any atom is 0.240 e. The zero-order valence-corrected chi connectivity index (χ0v) is 13.5. The van der Waals surface area contributed by atoms with Gasteiger partial charge >= 0.3 is 0 Å². The third-order valence-electron chi connectivity index (χ3n) is 4.76. The molecule has 6 heteroatoms. The van der Waals surface area contributed by atoms with Crippen LogP contribution < -0.4 is 5.32 Å². The lowest BCUT2D eigenvalue weighted by Crippen LogP contribution is -2.33. The molecular weight excluding hydrogens is 307 g/mol. The molecular formula is C18H19FN4O. The molecule has 0 radical (unpaired) electrons. The Balaban J connectivity index is 1.52. The van der Waals surface area contributed by atoms with Crippen molar-refractivity contribution in [3.8, 4) is 0 Å². The molecule has 1 aliphatic rings. The van der Waals surface area contributed by atoms with Crippen molar-refractivity contribution in [2.24, 2.45) is 7.05 Å². The van der Waals surface area contributed by atoms with Gasteiger partial charge in [0.05, 0.1) is 17.8 Å². The average Bonchev–Trinajstić information content (AvgIpc) is 3.13. The number of hydrogen-bond donors (Lipinski definition) is 1. The summed E-state index contributed by atoms with van der Waals surface area (Å²) in [6.45, 7) is 0.180. The van der Waals surface area contributed by atoms with E-state index in [4.69, 9.17) is 0 Å². The maximum absolute atomic E-state index is 13.4. The second-order valence-corrected chi connectivity index (χ2v) is 6.33. The zero-order chi connectivity index (χ0) is 16.7. The standard InChI is InChI=1S/C18H19FN4O/c1-22-16-4-2-3-15(14(16)10-20-22)21-18(24)11-23-8-7-12-5-6-13(19)9-17(12)23/h5-10,15H,2-4,11H2,1H3,(H,21,24)/t15-/m0/s1. The van der Waals surface area contributed by atoms with Crippen molar-refractivity contribution in [2.45, 2.75) is 31.8 Å². The van der Waals surface area contributed by atoms with Crippen molar-refractivity contribution < 1.29 is 9.18 Å². The Bertz CT molecular complexity index is 911. The largest absolute Gasteiger partial charge is 0.348 e. The second kappa shape index (κ2) is 5.78. The quantitative estimate of drug-likeness (QED) is 0.804. The molecule has 5 nitrogen and oxygen atoms in total. The molecule has 1 aliphatic carbocycles. The Morgan fingerprint density at radius 1 is 1.42 bits per heavy atom. The van der Waals surface area contributed by atoms with Gasteiger partial charge in [0.2, 0.25) is 5.91 Å². The minimum Gasteiger partial charge on any atom is -0.348 e. The molecule has 3 aromatic rings. The number of benzene rings is 1. The Morgan fingerprint density at radius 2 is 2.29 bits per heavy atom. The van der Waals surface area contributed by atoms with Crippen LogP contribution in [0, 0.1) is 5.82 Å². The summed E-state index contributed by atoms with van der Waals surface area (Å²) in [5.41, 5.74) is 3.04. The van der Waals surface area contributed by atoms with Crippen molar-refractivity contribution in [1.82, 2.24) is 19.7 Å². The van der Waals surface area contributed by atoms with Crippen molar-refractivity contribution in [2.75, 3.05) is 0 Å². The molecule has 2 aromatic heterocycles. The number of nitrogens with zero attached hydrogens (tertiary/aromatic N) is 3. The molecule has 0 aliphatic heterocycles. The molecule has 1 N–H and O–H groups in total. The van der Waals surface area contributed by atoms with Gasteiger partial charge in [0.15, 0.2) is 0 Å². The highest BCUT2D eigenvalue weighted by molar-refractivity contribution is 5.83. The van der Waals surface area contributed by atoms with Crippen LogP contribution in [0.5, 0.6) is 0 Å². The van der Waals surface area contributed by atoms with Crippen molar-refractivity contribution in [3.63, 3.8) is 0 Å². The highest BCUT2D eigenvalue weighted by Gasteiger charge is 2.24. The van der Waals surface area contributed by atoms with Gasteiger partial charge < -0.3 is 9.88 Å². The summed E-state index contributed by atoms with van der Waals surface area (Å²) in [7, 11) is 1.93. The Hall–Kier alpha value is -2.63. The summed E-state index contributed by atoms with van der Waals surface area (Å²) in [5, 5.41) is 8.33. The highest BCUT2D eigenvalue weighted by Crippen LogP contribution is 2.29. The normalized spacial score (nSPS) is 17.0. The predicted octanol–water partition coefficient (Wildman–Crippen LogP) is 2.71. The Morgan fingerprint density at radius 3 is 3.17 bits per heavy atom. The van der Waals surface area contributed by atoms with Crippen LogP contribution in [0.2, 0.25) is 0 Å². The molecule has 1 amide bonds. The number of aryl methyl sites for hydroxylation is 1. The van der Waals surface area contributed by atoms with E-state index in [-0.39, 0.29) is 24.3 Å². The topological polar surface area (TPSA) is 51.9 Å². The molecule has 2 heterocycles. The van der Waals surface area contributed by atoms with Gasteiger partial charge in [-0.2, -0.15) is 5.10 Å². The van der Waals surface area contributed by atoms with Gasteiger partial charge in [-0.25, -0.2) is 4.39 Å². The fourth-order valence-electron chi connectivity index (χ4n) is 3.55. The van der Waals surface area contributed by atoms with E-state index in [0.29, 0.717) is 0 Å². The van der Waals surface area contributed by atoms with Gasteiger partial charge in [-0.3, -0.25) is 9.48 Å². The zero-order valence-electron chi connectivity index (χ0n) is 13.5. The van der Waals surface area contributed by atoms with Gasteiger partial charge in [0, 0.05) is 24.5 Å². The minimum absolute atomic E-state index is 0.00788. The first-order valence-corrected chi connectivity index (χ1v) is 8.16. The van der Waals surface area contributed by atoms with Crippen LogP contribution in [0.3, 0.4) is 0 Å². The first-order chi connectivity index (χ1) is 11.6. The fraction of sp³-hybridized carbons (Fsp3) is 0.333. The van der Waals surface area contributed by atoms with Crippen LogP contribution >= 0.6 is 0 Å². The smallest absolute Gasteiger partial charge is 0.240 e. The summed E-state index contributed by atoms with van der Waals surface area (Å²) < 4.78 is 17.1. The Kier molecular flexibility index (Phi) is 3.59. The van der Waals surface area contributed by atoms with Crippen molar-refractivity contribution >= 4 is 16.8 Å². The Labute approximate surface area is 139 Å². The summed E-state index contributed by atoms with van der Waals surface area (Å²) in [5.74, 6) is -0.367. The number of carbonyl (C=O) groups excluding carboxylic acids is 1. The average molecular weight is 326 g/mol. The van der Waals surface area contributed by atoms with Crippen LogP contribution in [-0.2, 0) is 24.8 Å². The van der Waals surface area contributed by atoms with E-state index >= 15 is 0 Å².